The fraction of sp³-hybridized carbons (Fsp3) is 0.200. The first kappa shape index (κ1) is 11.3. The Hall–Kier alpha value is -1.14. The number of hydrogen-bond acceptors (Lipinski definition) is 3. The van der Waals surface area contributed by atoms with Gasteiger partial charge in [0.1, 0.15) is 5.75 Å². The largest absolute Gasteiger partial charge is 0.496 e. The molecule has 0 aliphatic heterocycles. The normalized spacial score (nSPS) is 10.4. The average molecular weight is 300 g/mol. The summed E-state index contributed by atoms with van der Waals surface area (Å²) in [5, 5.41) is 6.92. The molecule has 0 radical (unpaired) electrons. The van der Waals surface area contributed by atoms with Gasteiger partial charge in [-0.15, -0.1) is 0 Å². The fourth-order valence-corrected chi connectivity index (χ4v) is 2.08. The lowest BCUT2D eigenvalue weighted by atomic mass is 10.2. The van der Waals surface area contributed by atoms with Gasteiger partial charge in [-0.05, 0) is 46.3 Å². The van der Waals surface area contributed by atoms with Crippen LogP contribution >= 0.6 is 28.1 Å². The van der Waals surface area contributed by atoms with Gasteiger partial charge >= 0.3 is 0 Å². The van der Waals surface area contributed by atoms with Crippen molar-refractivity contribution in [1.82, 2.24) is 14.8 Å². The molecular formula is C10H10BrN3OS. The van der Waals surface area contributed by atoms with Gasteiger partial charge in [-0.25, -0.2) is 0 Å². The van der Waals surface area contributed by atoms with Crippen molar-refractivity contribution in [3.8, 4) is 17.1 Å². The Balaban J connectivity index is 2.53. The van der Waals surface area contributed by atoms with Crippen LogP contribution in [-0.4, -0.2) is 21.9 Å². The molecule has 0 amide bonds. The van der Waals surface area contributed by atoms with Gasteiger partial charge in [-0.3, -0.25) is 5.10 Å². The molecule has 0 aliphatic rings. The minimum Gasteiger partial charge on any atom is -0.496 e. The molecule has 0 unspecified atom stereocenters. The third-order valence-corrected chi connectivity index (χ3v) is 3.27. The third-order valence-electron chi connectivity index (χ3n) is 2.29. The Bertz CT molecular complexity index is 576. The van der Waals surface area contributed by atoms with Crippen molar-refractivity contribution in [2.75, 3.05) is 7.11 Å². The Morgan fingerprint density at radius 3 is 2.75 bits per heavy atom. The van der Waals surface area contributed by atoms with E-state index in [1.807, 2.05) is 29.8 Å². The molecule has 4 nitrogen and oxygen atoms in total. The molecule has 2 rings (SSSR count). The van der Waals surface area contributed by atoms with E-state index < -0.39 is 0 Å². The maximum atomic E-state index is 5.17. The van der Waals surface area contributed by atoms with E-state index in [2.05, 4.69) is 26.1 Å². The van der Waals surface area contributed by atoms with Crippen LogP contribution in [0.2, 0.25) is 0 Å². The minimum absolute atomic E-state index is 0.599. The lowest BCUT2D eigenvalue weighted by molar-refractivity contribution is 0.412. The topological polar surface area (TPSA) is 42.8 Å². The standard InChI is InChI=1S/C10H10BrN3OS/c1-14-9(12-13-10(14)16)6-3-4-8(15-2)7(11)5-6/h3-5H,1-2H3,(H,13,16). The number of hydrogen-bond donors (Lipinski definition) is 1. The highest BCUT2D eigenvalue weighted by atomic mass is 79.9. The summed E-state index contributed by atoms with van der Waals surface area (Å²) in [5.74, 6) is 1.59. The number of nitrogens with one attached hydrogen (secondary N) is 1. The van der Waals surface area contributed by atoms with Crippen LogP contribution in [0.3, 0.4) is 0 Å². The van der Waals surface area contributed by atoms with Crippen molar-refractivity contribution in [3.05, 3.63) is 27.4 Å². The molecule has 84 valence electrons. The molecule has 0 bridgehead atoms. The van der Waals surface area contributed by atoms with Crippen molar-refractivity contribution in [3.63, 3.8) is 0 Å². The number of H-pyrrole nitrogens is 1. The van der Waals surface area contributed by atoms with Crippen LogP contribution in [-0.2, 0) is 7.05 Å². The summed E-state index contributed by atoms with van der Waals surface area (Å²) in [6.07, 6.45) is 0. The molecule has 2 aromatic rings. The number of methoxy groups -OCH3 is 1. The van der Waals surface area contributed by atoms with E-state index in [9.17, 15) is 0 Å². The highest BCUT2D eigenvalue weighted by Gasteiger charge is 2.08. The molecule has 1 N–H and O–H groups in total. The van der Waals surface area contributed by atoms with Gasteiger partial charge in [0.05, 0.1) is 11.6 Å². The van der Waals surface area contributed by atoms with Crippen LogP contribution in [0.1, 0.15) is 0 Å². The maximum Gasteiger partial charge on any atom is 0.195 e. The summed E-state index contributed by atoms with van der Waals surface area (Å²) >= 11 is 8.50. The first-order valence-electron chi connectivity index (χ1n) is 4.59. The molecule has 1 aromatic heterocycles. The van der Waals surface area contributed by atoms with E-state index in [1.165, 1.54) is 0 Å². The molecule has 16 heavy (non-hydrogen) atoms. The average Bonchev–Trinajstić information content (AvgIpc) is 2.60. The Kier molecular flexibility index (Phi) is 3.11. The molecule has 1 aromatic carbocycles. The summed E-state index contributed by atoms with van der Waals surface area (Å²) in [6.45, 7) is 0. The van der Waals surface area contributed by atoms with Crippen LogP contribution in [0.15, 0.2) is 22.7 Å². The van der Waals surface area contributed by atoms with E-state index in [4.69, 9.17) is 17.0 Å². The quantitative estimate of drug-likeness (QED) is 0.867. The Labute approximate surface area is 106 Å². The van der Waals surface area contributed by atoms with Crippen molar-refractivity contribution < 1.29 is 4.74 Å². The van der Waals surface area contributed by atoms with Crippen LogP contribution < -0.4 is 4.74 Å². The maximum absolute atomic E-state index is 5.17. The number of aromatic nitrogens is 3. The molecule has 0 fully saturated rings. The summed E-state index contributed by atoms with van der Waals surface area (Å²) in [5.41, 5.74) is 0.975. The smallest absolute Gasteiger partial charge is 0.195 e. The van der Waals surface area contributed by atoms with Gasteiger partial charge in [0.25, 0.3) is 0 Å². The minimum atomic E-state index is 0.599. The van der Waals surface area contributed by atoms with E-state index in [0.717, 1.165) is 21.6 Å². The van der Waals surface area contributed by atoms with Crippen molar-refractivity contribution in [2.24, 2.45) is 7.05 Å². The predicted molar refractivity (Wildman–Crippen MR) is 68.1 cm³/mol. The zero-order chi connectivity index (χ0) is 11.7. The second-order valence-corrected chi connectivity index (χ2v) is 4.50. The van der Waals surface area contributed by atoms with Crippen LogP contribution in [0.25, 0.3) is 11.4 Å². The van der Waals surface area contributed by atoms with Crippen molar-refractivity contribution in [1.29, 1.82) is 0 Å². The molecule has 0 aliphatic carbocycles. The van der Waals surface area contributed by atoms with E-state index >= 15 is 0 Å². The predicted octanol–water partition coefficient (Wildman–Crippen LogP) is 2.92. The number of aromatic amines is 1. The molecule has 0 spiro atoms. The Morgan fingerprint density at radius 2 is 2.25 bits per heavy atom. The zero-order valence-corrected chi connectivity index (χ0v) is 11.2. The molecule has 0 saturated carbocycles. The monoisotopic (exact) mass is 299 g/mol. The van der Waals surface area contributed by atoms with E-state index in [0.29, 0.717) is 4.77 Å². The highest BCUT2D eigenvalue weighted by molar-refractivity contribution is 9.10. The lowest BCUT2D eigenvalue weighted by Crippen LogP contribution is -1.93. The van der Waals surface area contributed by atoms with Gasteiger partial charge in [0, 0.05) is 12.6 Å². The first-order chi connectivity index (χ1) is 7.63. The number of ether oxygens (including phenoxy) is 1. The van der Waals surface area contributed by atoms with Gasteiger partial charge < -0.3 is 9.30 Å². The molecular weight excluding hydrogens is 290 g/mol. The lowest BCUT2D eigenvalue weighted by Gasteiger charge is -2.05. The molecule has 0 saturated heterocycles. The van der Waals surface area contributed by atoms with Crippen LogP contribution in [0, 0.1) is 4.77 Å². The number of benzene rings is 1. The van der Waals surface area contributed by atoms with Crippen LogP contribution in [0.4, 0.5) is 0 Å². The summed E-state index contributed by atoms with van der Waals surface area (Å²) in [6, 6.07) is 5.77. The van der Waals surface area contributed by atoms with Crippen LogP contribution in [0.5, 0.6) is 5.75 Å². The molecule has 0 atom stereocenters. The first-order valence-corrected chi connectivity index (χ1v) is 5.79. The highest BCUT2D eigenvalue weighted by Crippen LogP contribution is 2.29. The van der Waals surface area contributed by atoms with Crippen molar-refractivity contribution >= 4 is 28.1 Å². The zero-order valence-electron chi connectivity index (χ0n) is 8.82. The fourth-order valence-electron chi connectivity index (χ4n) is 1.41. The van der Waals surface area contributed by atoms with Gasteiger partial charge in [0.15, 0.2) is 10.6 Å². The van der Waals surface area contributed by atoms with Gasteiger partial charge in [0.2, 0.25) is 0 Å². The van der Waals surface area contributed by atoms with Gasteiger partial charge in [-0.2, -0.15) is 5.10 Å². The summed E-state index contributed by atoms with van der Waals surface area (Å²) in [4.78, 5) is 0. The second-order valence-electron chi connectivity index (χ2n) is 3.26. The SMILES string of the molecule is COc1ccc(-c2n[nH]c(=S)n2C)cc1Br. The van der Waals surface area contributed by atoms with Crippen molar-refractivity contribution in [2.45, 2.75) is 0 Å². The summed E-state index contributed by atoms with van der Waals surface area (Å²) < 4.78 is 8.48. The molecule has 6 heteroatoms. The number of nitrogens with zero attached hydrogens (tertiary/aromatic N) is 2. The molecule has 1 heterocycles. The third kappa shape index (κ3) is 1.90. The Morgan fingerprint density at radius 1 is 1.50 bits per heavy atom. The second kappa shape index (κ2) is 4.39. The summed E-state index contributed by atoms with van der Waals surface area (Å²) in [7, 11) is 3.51. The van der Waals surface area contributed by atoms with E-state index in [-0.39, 0.29) is 0 Å². The number of rotatable bonds is 2. The number of halogens is 1. The van der Waals surface area contributed by atoms with E-state index in [1.54, 1.807) is 7.11 Å². The van der Waals surface area contributed by atoms with Gasteiger partial charge in [-0.1, -0.05) is 0 Å².